The number of fused-ring (bicyclic) bond motifs is 1. The fraction of sp³-hybridized carbons (Fsp3) is 0.455. The second-order valence-corrected chi connectivity index (χ2v) is 13.3. The van der Waals surface area contributed by atoms with Crippen LogP contribution in [0.15, 0.2) is 43.0 Å². The van der Waals surface area contributed by atoms with Gasteiger partial charge in [-0.05, 0) is 44.7 Å². The van der Waals surface area contributed by atoms with Crippen molar-refractivity contribution >= 4 is 64.6 Å². The molecule has 0 spiro atoms. The van der Waals surface area contributed by atoms with E-state index in [0.717, 1.165) is 0 Å². The molecule has 3 aromatic rings. The van der Waals surface area contributed by atoms with E-state index in [2.05, 4.69) is 20.0 Å². The van der Waals surface area contributed by atoms with E-state index in [9.17, 15) is 9.90 Å². The zero-order valence-corrected chi connectivity index (χ0v) is 23.8. The van der Waals surface area contributed by atoms with Crippen molar-refractivity contribution in [2.45, 2.75) is 55.7 Å². The molecule has 0 bridgehead atoms. The van der Waals surface area contributed by atoms with Gasteiger partial charge in [0.1, 0.15) is 35.8 Å². The van der Waals surface area contributed by atoms with E-state index in [1.165, 1.54) is 17.2 Å². The molecule has 1 aliphatic rings. The van der Waals surface area contributed by atoms with Crippen molar-refractivity contribution in [2.75, 3.05) is 12.3 Å². The fourth-order valence-corrected chi connectivity index (χ4v) is 6.67. The zero-order chi connectivity index (χ0) is 27.7. The number of nitrogen functional groups attached to an aromatic ring is 1. The lowest BCUT2D eigenvalue weighted by molar-refractivity contribution is -0.149. The molecule has 0 aliphatic carbocycles. The van der Waals surface area contributed by atoms with Crippen LogP contribution in [0, 0.1) is 0 Å². The highest BCUT2D eigenvalue weighted by atomic mass is 35.5. The molecule has 5 atom stereocenters. The van der Waals surface area contributed by atoms with E-state index >= 15 is 0 Å². The first-order valence-electron chi connectivity index (χ1n) is 11.5. The lowest BCUT2D eigenvalue weighted by atomic mass is 10.2. The van der Waals surface area contributed by atoms with Gasteiger partial charge in [0.05, 0.1) is 19.0 Å². The van der Waals surface area contributed by atoms with Crippen LogP contribution in [0.5, 0.6) is 5.75 Å². The fourth-order valence-electron chi connectivity index (χ4n) is 3.65. The number of carbonyl (C=O) groups is 1. The number of rotatable bonds is 10. The molecule has 1 aromatic carbocycles. The Morgan fingerprint density at radius 2 is 2.00 bits per heavy atom. The van der Waals surface area contributed by atoms with Crippen LogP contribution in [0.4, 0.5) is 5.82 Å². The van der Waals surface area contributed by atoms with Crippen LogP contribution >= 0.6 is 29.8 Å². The minimum Gasteiger partial charge on any atom is -0.462 e. The van der Waals surface area contributed by atoms with E-state index in [4.69, 9.17) is 59.3 Å². The molecular weight excluding hydrogens is 578 g/mol. The number of benzene rings is 1. The summed E-state index contributed by atoms with van der Waals surface area (Å²) in [6, 6.07) is 7.88. The lowest BCUT2D eigenvalue weighted by Crippen LogP contribution is -2.39. The quantitative estimate of drug-likeness (QED) is 0.177. The number of nitrogens with two attached hydrogens (primary N) is 1. The predicted molar refractivity (Wildman–Crippen MR) is 145 cm³/mol. The SMILES string of the molecule is CC(C)OC(=O)[C@H](C)NP(=S)(OC[C@H]1O[C@@H](n2cnc3c(N)ncnc32)C(Cl)(Cl)[C@@H]1O)Oc1ccccc1. The highest BCUT2D eigenvalue weighted by molar-refractivity contribution is 8.09. The van der Waals surface area contributed by atoms with Gasteiger partial charge in [-0.3, -0.25) is 9.36 Å². The number of hydrogen-bond acceptors (Lipinski definition) is 11. The molecular formula is C22H27Cl2N6O6PS. The predicted octanol–water partition coefficient (Wildman–Crippen LogP) is 3.09. The van der Waals surface area contributed by atoms with Crippen molar-refractivity contribution < 1.29 is 28.4 Å². The first-order valence-corrected chi connectivity index (χ1v) is 14.9. The van der Waals surface area contributed by atoms with Crippen LogP contribution in [-0.2, 0) is 30.6 Å². The average molecular weight is 605 g/mol. The third kappa shape index (κ3) is 6.21. The number of aliphatic hydroxyl groups is 1. The van der Waals surface area contributed by atoms with E-state index in [1.807, 2.05) is 6.07 Å². The van der Waals surface area contributed by atoms with Gasteiger partial charge < -0.3 is 29.4 Å². The van der Waals surface area contributed by atoms with Crippen LogP contribution in [-0.4, -0.2) is 65.9 Å². The van der Waals surface area contributed by atoms with Crippen LogP contribution in [0.1, 0.15) is 27.0 Å². The first-order chi connectivity index (χ1) is 17.9. The van der Waals surface area contributed by atoms with Crippen LogP contribution in [0.25, 0.3) is 11.2 Å². The number of nitrogens with one attached hydrogen (secondary N) is 1. The van der Waals surface area contributed by atoms with Gasteiger partial charge in [-0.15, -0.1) is 0 Å². The molecule has 206 valence electrons. The maximum absolute atomic E-state index is 12.4. The molecule has 0 radical (unpaired) electrons. The minimum absolute atomic E-state index is 0.164. The number of nitrogens with zero attached hydrogens (tertiary/aromatic N) is 4. The van der Waals surface area contributed by atoms with Crippen molar-refractivity contribution in [3.05, 3.63) is 43.0 Å². The van der Waals surface area contributed by atoms with Gasteiger partial charge in [-0.1, -0.05) is 41.4 Å². The summed E-state index contributed by atoms with van der Waals surface area (Å²) < 4.78 is 22.9. The molecule has 0 amide bonds. The normalized spacial score (nSPS) is 23.3. The van der Waals surface area contributed by atoms with Crippen molar-refractivity contribution in [3.8, 4) is 5.75 Å². The Hall–Kier alpha value is -2.09. The molecule has 3 heterocycles. The Balaban J connectivity index is 1.54. The number of carbonyl (C=O) groups excluding carboxylic acids is 1. The third-order valence-electron chi connectivity index (χ3n) is 5.45. The molecule has 2 aromatic heterocycles. The molecule has 16 heteroatoms. The lowest BCUT2D eigenvalue weighted by Gasteiger charge is -2.28. The van der Waals surface area contributed by atoms with E-state index in [1.54, 1.807) is 45.0 Å². The van der Waals surface area contributed by atoms with E-state index in [-0.39, 0.29) is 18.5 Å². The number of alkyl halides is 2. The number of hydrogen-bond donors (Lipinski definition) is 3. The molecule has 1 aliphatic heterocycles. The molecule has 4 N–H and O–H groups in total. The van der Waals surface area contributed by atoms with Crippen molar-refractivity contribution in [3.63, 3.8) is 0 Å². The summed E-state index contributed by atoms with van der Waals surface area (Å²) in [6.45, 7) is 1.39. The summed E-state index contributed by atoms with van der Waals surface area (Å²) in [5.74, 6) is 0.0575. The zero-order valence-electron chi connectivity index (χ0n) is 20.6. The molecule has 12 nitrogen and oxygen atoms in total. The Morgan fingerprint density at radius 1 is 1.29 bits per heavy atom. The van der Waals surface area contributed by atoms with Crippen LogP contribution in [0.3, 0.4) is 0 Å². The maximum Gasteiger partial charge on any atom is 0.323 e. The largest absolute Gasteiger partial charge is 0.462 e. The van der Waals surface area contributed by atoms with Gasteiger partial charge in [-0.25, -0.2) is 20.0 Å². The third-order valence-corrected chi connectivity index (χ3v) is 8.77. The Kier molecular flexibility index (Phi) is 8.80. The van der Waals surface area contributed by atoms with Gasteiger partial charge >= 0.3 is 12.6 Å². The Morgan fingerprint density at radius 3 is 2.68 bits per heavy atom. The summed E-state index contributed by atoms with van der Waals surface area (Å²) >= 11 is 18.8. The van der Waals surface area contributed by atoms with Gasteiger partial charge in [0.15, 0.2) is 22.0 Å². The second-order valence-electron chi connectivity index (χ2n) is 8.76. The molecule has 38 heavy (non-hydrogen) atoms. The van der Waals surface area contributed by atoms with Crippen molar-refractivity contribution in [2.24, 2.45) is 0 Å². The summed E-state index contributed by atoms with van der Waals surface area (Å²) in [5, 5.41) is 13.9. The Bertz CT molecular complexity index is 1330. The summed E-state index contributed by atoms with van der Waals surface area (Å²) in [4.78, 5) is 24.7. The smallest absolute Gasteiger partial charge is 0.323 e. The number of aromatic nitrogens is 4. The maximum atomic E-state index is 12.4. The molecule has 0 saturated carbocycles. The average Bonchev–Trinajstić information content (AvgIpc) is 3.37. The van der Waals surface area contributed by atoms with Crippen LogP contribution in [0.2, 0.25) is 0 Å². The van der Waals surface area contributed by atoms with Crippen molar-refractivity contribution in [1.82, 2.24) is 24.6 Å². The highest BCUT2D eigenvalue weighted by Gasteiger charge is 2.56. The monoisotopic (exact) mass is 604 g/mol. The van der Waals surface area contributed by atoms with Gasteiger partial charge in [0.2, 0.25) is 0 Å². The first kappa shape index (κ1) is 28.9. The summed E-state index contributed by atoms with van der Waals surface area (Å²) in [7, 11) is 0. The minimum atomic E-state index is -3.39. The number of imidazole rings is 1. The van der Waals surface area contributed by atoms with E-state index < -0.39 is 41.4 Å². The van der Waals surface area contributed by atoms with E-state index in [0.29, 0.717) is 16.9 Å². The van der Waals surface area contributed by atoms with Crippen molar-refractivity contribution in [1.29, 1.82) is 0 Å². The van der Waals surface area contributed by atoms with Gasteiger partial charge in [0, 0.05) is 0 Å². The molecule has 1 fully saturated rings. The molecule has 1 saturated heterocycles. The number of halogens is 2. The molecule has 4 rings (SSSR count). The Labute approximate surface area is 234 Å². The summed E-state index contributed by atoms with van der Waals surface area (Å²) in [5.41, 5.74) is 6.52. The van der Waals surface area contributed by atoms with Gasteiger partial charge in [0.25, 0.3) is 0 Å². The molecule has 1 unspecified atom stereocenters. The van der Waals surface area contributed by atoms with Gasteiger partial charge in [-0.2, -0.15) is 0 Å². The number of esters is 1. The number of ether oxygens (including phenoxy) is 2. The standard InChI is InChI=1S/C22H27Cl2N6O6PS/c1-12(2)34-20(32)13(3)29-37(38,36-14-7-5-4-6-8-14)33-9-15-17(31)22(23,24)21(35-15)30-11-28-16-18(25)26-10-27-19(16)30/h4-8,10-13,15,17,21,31H,9H2,1-3H3,(H,29,38)(H2,25,26,27)/t13-,15+,17+,21+,37?/m0/s1. The second kappa shape index (κ2) is 11.6. The topological polar surface area (TPSA) is 156 Å². The number of aliphatic hydroxyl groups excluding tert-OH is 1. The number of para-hydroxylation sites is 1. The highest BCUT2D eigenvalue weighted by Crippen LogP contribution is 2.50. The summed E-state index contributed by atoms with van der Waals surface area (Å²) in [6.07, 6.45) is -1.21. The number of anilines is 1. The van der Waals surface area contributed by atoms with Crippen LogP contribution < -0.4 is 15.3 Å².